The summed E-state index contributed by atoms with van der Waals surface area (Å²) in [5.41, 5.74) is 0.954. The van der Waals surface area contributed by atoms with Crippen molar-refractivity contribution < 1.29 is 14.3 Å². The van der Waals surface area contributed by atoms with E-state index >= 15 is 0 Å². The predicted molar refractivity (Wildman–Crippen MR) is 84.2 cm³/mol. The largest absolute Gasteiger partial charge is 0.486 e. The van der Waals surface area contributed by atoms with Crippen molar-refractivity contribution >= 4 is 5.97 Å². The van der Waals surface area contributed by atoms with E-state index in [0.717, 1.165) is 5.57 Å². The molecule has 0 fully saturated rings. The first-order chi connectivity index (χ1) is 10.1. The summed E-state index contributed by atoms with van der Waals surface area (Å²) in [5, 5.41) is 0. The summed E-state index contributed by atoms with van der Waals surface area (Å²) in [5.74, 6) is 6.23. The molecule has 0 aliphatic rings. The highest BCUT2D eigenvalue weighted by Crippen LogP contribution is 2.26. The average molecular weight is 284 g/mol. The van der Waals surface area contributed by atoms with Crippen LogP contribution in [-0.2, 0) is 4.79 Å². The Morgan fingerprint density at radius 3 is 2.71 bits per heavy atom. The summed E-state index contributed by atoms with van der Waals surface area (Å²) in [6, 6.07) is 7.10. The highest BCUT2D eigenvalue weighted by Gasteiger charge is 2.08. The van der Waals surface area contributed by atoms with E-state index in [1.54, 1.807) is 25.1 Å². The fraction of sp³-hybridized carbons (Fsp3) is 0.278. The predicted octanol–water partition coefficient (Wildman–Crippen LogP) is 3.91. The molecule has 0 N–H and O–H groups in total. The maximum atomic E-state index is 11.7. The molecule has 0 spiro atoms. The van der Waals surface area contributed by atoms with Crippen LogP contribution in [0, 0.1) is 11.8 Å². The molecule has 0 aliphatic carbocycles. The lowest BCUT2D eigenvalue weighted by Gasteiger charge is -2.09. The van der Waals surface area contributed by atoms with E-state index in [-0.39, 0.29) is 12.4 Å². The van der Waals surface area contributed by atoms with Crippen LogP contribution < -0.4 is 9.47 Å². The number of benzene rings is 1. The van der Waals surface area contributed by atoms with Gasteiger partial charge in [-0.3, -0.25) is 4.79 Å². The van der Waals surface area contributed by atoms with Crippen LogP contribution in [0.4, 0.5) is 0 Å². The van der Waals surface area contributed by atoms with Crippen LogP contribution in [0.3, 0.4) is 0 Å². The molecule has 0 aliphatic heterocycles. The van der Waals surface area contributed by atoms with Gasteiger partial charge in [0.15, 0.2) is 11.5 Å². The highest BCUT2D eigenvalue weighted by atomic mass is 16.6. The van der Waals surface area contributed by atoms with Gasteiger partial charge in [-0.1, -0.05) is 30.4 Å². The standard InChI is InChI=1S/C18H20O3/c1-4-5-6-13-18(19)21-17-12-8-7-11-16(17)20-14-9-10-15(2)3/h7-12H,2,6,13-14H2,1,3H3/b10-9+. The molecule has 110 valence electrons. The van der Waals surface area contributed by atoms with Gasteiger partial charge in [-0.05, 0) is 32.1 Å². The zero-order chi connectivity index (χ0) is 15.5. The molecular formula is C18H20O3. The zero-order valence-corrected chi connectivity index (χ0v) is 12.5. The molecule has 1 aromatic carbocycles. The Hall–Kier alpha value is -2.47. The van der Waals surface area contributed by atoms with Crippen molar-refractivity contribution in [2.45, 2.75) is 26.7 Å². The molecule has 0 radical (unpaired) electrons. The molecule has 21 heavy (non-hydrogen) atoms. The maximum Gasteiger partial charge on any atom is 0.312 e. The fourth-order valence-corrected chi connectivity index (χ4v) is 1.50. The van der Waals surface area contributed by atoms with E-state index in [4.69, 9.17) is 9.47 Å². The first-order valence-corrected chi connectivity index (χ1v) is 6.77. The van der Waals surface area contributed by atoms with Crippen molar-refractivity contribution in [3.63, 3.8) is 0 Å². The molecule has 3 heteroatoms. The molecule has 1 rings (SSSR count). The molecule has 0 saturated carbocycles. The quantitative estimate of drug-likeness (QED) is 0.329. The molecule has 0 amide bonds. The fourth-order valence-electron chi connectivity index (χ4n) is 1.50. The Morgan fingerprint density at radius 2 is 2.05 bits per heavy atom. The van der Waals surface area contributed by atoms with E-state index in [0.29, 0.717) is 24.5 Å². The van der Waals surface area contributed by atoms with Gasteiger partial charge in [-0.2, -0.15) is 0 Å². The van der Waals surface area contributed by atoms with E-state index in [2.05, 4.69) is 18.4 Å². The van der Waals surface area contributed by atoms with Gasteiger partial charge in [-0.15, -0.1) is 11.8 Å². The van der Waals surface area contributed by atoms with E-state index in [1.165, 1.54) is 0 Å². The second-order valence-corrected chi connectivity index (χ2v) is 4.41. The Labute approximate surface area is 126 Å². The first kappa shape index (κ1) is 16.6. The third kappa shape index (κ3) is 7.03. The molecular weight excluding hydrogens is 264 g/mol. The smallest absolute Gasteiger partial charge is 0.312 e. The SMILES string of the molecule is C=C(C)/C=C/COc1ccccc1OC(=O)CCC#CC. The molecule has 0 saturated heterocycles. The van der Waals surface area contributed by atoms with Crippen molar-refractivity contribution in [1.29, 1.82) is 0 Å². The third-order valence-corrected chi connectivity index (χ3v) is 2.44. The summed E-state index contributed by atoms with van der Waals surface area (Å²) >= 11 is 0. The second-order valence-electron chi connectivity index (χ2n) is 4.41. The number of carbonyl (C=O) groups excluding carboxylic acids is 1. The van der Waals surface area contributed by atoms with Gasteiger partial charge in [0, 0.05) is 6.42 Å². The lowest BCUT2D eigenvalue weighted by atomic mass is 10.3. The van der Waals surface area contributed by atoms with Crippen molar-refractivity contribution in [1.82, 2.24) is 0 Å². The number of rotatable bonds is 7. The van der Waals surface area contributed by atoms with Crippen LogP contribution in [-0.4, -0.2) is 12.6 Å². The van der Waals surface area contributed by atoms with Gasteiger partial charge in [-0.25, -0.2) is 0 Å². The Kier molecular flexibility index (Phi) is 7.45. The Balaban J connectivity index is 2.59. The third-order valence-electron chi connectivity index (χ3n) is 2.44. The van der Waals surface area contributed by atoms with Gasteiger partial charge in [0.2, 0.25) is 0 Å². The maximum absolute atomic E-state index is 11.7. The van der Waals surface area contributed by atoms with Gasteiger partial charge >= 0.3 is 5.97 Å². The molecule has 0 bridgehead atoms. The molecule has 0 aromatic heterocycles. The average Bonchev–Trinajstić information content (AvgIpc) is 2.45. The minimum Gasteiger partial charge on any atom is -0.486 e. The molecule has 3 nitrogen and oxygen atoms in total. The number of para-hydroxylation sites is 2. The van der Waals surface area contributed by atoms with Crippen LogP contribution in [0.15, 0.2) is 48.6 Å². The highest BCUT2D eigenvalue weighted by molar-refractivity contribution is 5.73. The summed E-state index contributed by atoms with van der Waals surface area (Å²) in [6.07, 6.45) is 4.50. The van der Waals surface area contributed by atoms with Crippen LogP contribution in [0.1, 0.15) is 26.7 Å². The number of carbonyl (C=O) groups is 1. The second kappa shape index (κ2) is 9.44. The summed E-state index contributed by atoms with van der Waals surface area (Å²) < 4.78 is 10.9. The van der Waals surface area contributed by atoms with Crippen LogP contribution in [0.25, 0.3) is 0 Å². The number of ether oxygens (including phenoxy) is 2. The zero-order valence-electron chi connectivity index (χ0n) is 12.5. The first-order valence-electron chi connectivity index (χ1n) is 6.77. The number of hydrogen-bond donors (Lipinski definition) is 0. The summed E-state index contributed by atoms with van der Waals surface area (Å²) in [4.78, 5) is 11.7. The minimum absolute atomic E-state index is 0.269. The lowest BCUT2D eigenvalue weighted by Crippen LogP contribution is -2.08. The van der Waals surface area contributed by atoms with Crippen LogP contribution in [0.2, 0.25) is 0 Å². The molecule has 0 unspecified atom stereocenters. The van der Waals surface area contributed by atoms with Gasteiger partial charge < -0.3 is 9.47 Å². The minimum atomic E-state index is -0.314. The van der Waals surface area contributed by atoms with Crippen molar-refractivity contribution in [3.8, 4) is 23.3 Å². The number of esters is 1. The number of hydrogen-bond acceptors (Lipinski definition) is 3. The summed E-state index contributed by atoms with van der Waals surface area (Å²) in [6.45, 7) is 7.81. The normalized spacial score (nSPS) is 9.81. The Morgan fingerprint density at radius 1 is 1.33 bits per heavy atom. The van der Waals surface area contributed by atoms with Gasteiger partial charge in [0.05, 0.1) is 6.42 Å². The molecule has 1 aromatic rings. The topological polar surface area (TPSA) is 35.5 Å². The van der Waals surface area contributed by atoms with Gasteiger partial charge in [0.1, 0.15) is 6.61 Å². The van der Waals surface area contributed by atoms with Crippen molar-refractivity contribution in [2.75, 3.05) is 6.61 Å². The van der Waals surface area contributed by atoms with Crippen LogP contribution in [0.5, 0.6) is 11.5 Å². The lowest BCUT2D eigenvalue weighted by molar-refractivity contribution is -0.134. The van der Waals surface area contributed by atoms with Crippen molar-refractivity contribution in [3.05, 3.63) is 48.6 Å². The van der Waals surface area contributed by atoms with E-state index in [1.807, 2.05) is 25.1 Å². The Bertz CT molecular complexity index is 574. The van der Waals surface area contributed by atoms with Crippen molar-refractivity contribution in [2.24, 2.45) is 0 Å². The van der Waals surface area contributed by atoms with Gasteiger partial charge in [0.25, 0.3) is 0 Å². The summed E-state index contributed by atoms with van der Waals surface area (Å²) in [7, 11) is 0. The van der Waals surface area contributed by atoms with Crippen LogP contribution >= 0.6 is 0 Å². The van der Waals surface area contributed by atoms with E-state index in [9.17, 15) is 4.79 Å². The van der Waals surface area contributed by atoms with E-state index < -0.39 is 0 Å². The molecule has 0 atom stereocenters. The molecule has 0 heterocycles. The number of allylic oxidation sites excluding steroid dienone is 2. The monoisotopic (exact) mass is 284 g/mol.